The average Bonchev–Trinajstić information content (AvgIpc) is 3.30. The Morgan fingerprint density at radius 1 is 0.865 bits per heavy atom. The molecule has 0 aliphatic rings. The number of pyridine rings is 1. The smallest absolute Gasteiger partial charge is 0.322 e. The van der Waals surface area contributed by atoms with Crippen molar-refractivity contribution >= 4 is 17.1 Å². The van der Waals surface area contributed by atoms with Crippen molar-refractivity contribution in [3.63, 3.8) is 0 Å². The monoisotopic (exact) mass is 511 g/mol. The Bertz CT molecular complexity index is 1640. The number of hydrogen-bond acceptors (Lipinski definition) is 2. The second kappa shape index (κ2) is 9.12. The Morgan fingerprint density at radius 3 is 2.32 bits per heavy atom. The summed E-state index contributed by atoms with van der Waals surface area (Å²) in [6.07, 6.45) is -1.89. The number of carbonyl (C=O) groups is 1. The highest BCUT2D eigenvalue weighted by Crippen LogP contribution is 2.36. The van der Waals surface area contributed by atoms with Gasteiger partial charge in [0.15, 0.2) is 11.6 Å². The van der Waals surface area contributed by atoms with Crippen LogP contribution < -0.4 is 5.32 Å². The zero-order chi connectivity index (χ0) is 26.3. The summed E-state index contributed by atoms with van der Waals surface area (Å²) in [4.78, 5) is 17.1. The first-order chi connectivity index (χ1) is 17.6. The Hall–Kier alpha value is -4.60. The fraction of sp³-hybridized carbons (Fsp3) is 0.0370. The first-order valence-corrected chi connectivity index (χ1v) is 10.8. The summed E-state index contributed by atoms with van der Waals surface area (Å²) in [6, 6.07) is 14.5. The molecule has 0 saturated carbocycles. The minimum Gasteiger partial charge on any atom is -0.322 e. The van der Waals surface area contributed by atoms with Gasteiger partial charge in [-0.3, -0.25) is 9.20 Å². The molecule has 37 heavy (non-hydrogen) atoms. The van der Waals surface area contributed by atoms with Crippen molar-refractivity contribution in [2.75, 3.05) is 5.32 Å². The van der Waals surface area contributed by atoms with Gasteiger partial charge < -0.3 is 5.32 Å². The maximum absolute atomic E-state index is 14.4. The second-order valence-electron chi connectivity index (χ2n) is 8.08. The highest BCUT2D eigenvalue weighted by Gasteiger charge is 2.35. The van der Waals surface area contributed by atoms with Gasteiger partial charge in [-0.05, 0) is 60.2 Å². The van der Waals surface area contributed by atoms with Gasteiger partial charge >= 0.3 is 6.18 Å². The number of amides is 1. The summed E-state index contributed by atoms with van der Waals surface area (Å²) in [5.41, 5.74) is -0.720. The van der Waals surface area contributed by atoms with Crippen LogP contribution in [0.2, 0.25) is 0 Å². The number of nitrogens with zero attached hydrogens (tertiary/aromatic N) is 2. The molecule has 4 nitrogen and oxygen atoms in total. The number of rotatable bonds is 4. The van der Waals surface area contributed by atoms with Crippen LogP contribution in [0.4, 0.5) is 32.0 Å². The highest BCUT2D eigenvalue weighted by molar-refractivity contribution is 6.06. The number of alkyl halides is 3. The number of halogens is 6. The Kier molecular flexibility index (Phi) is 5.94. The van der Waals surface area contributed by atoms with Gasteiger partial charge in [0.1, 0.15) is 11.6 Å². The van der Waals surface area contributed by atoms with Crippen LogP contribution in [0.15, 0.2) is 85.2 Å². The Morgan fingerprint density at radius 2 is 1.59 bits per heavy atom. The van der Waals surface area contributed by atoms with Crippen LogP contribution in [-0.4, -0.2) is 15.3 Å². The summed E-state index contributed by atoms with van der Waals surface area (Å²) in [5.74, 6) is -3.65. The molecule has 5 aromatic rings. The lowest BCUT2D eigenvalue weighted by atomic mass is 9.98. The van der Waals surface area contributed by atoms with Crippen molar-refractivity contribution < 1.29 is 31.1 Å². The van der Waals surface area contributed by atoms with Gasteiger partial charge in [0.05, 0.1) is 28.4 Å². The second-order valence-corrected chi connectivity index (χ2v) is 8.08. The van der Waals surface area contributed by atoms with Crippen LogP contribution in [0.25, 0.3) is 28.0 Å². The average molecular weight is 511 g/mol. The fourth-order valence-electron chi connectivity index (χ4n) is 4.02. The minimum atomic E-state index is -4.82. The van der Waals surface area contributed by atoms with Gasteiger partial charge in [0.25, 0.3) is 5.91 Å². The van der Waals surface area contributed by atoms with Gasteiger partial charge in [-0.1, -0.05) is 18.2 Å². The molecule has 186 valence electrons. The third kappa shape index (κ3) is 4.53. The van der Waals surface area contributed by atoms with Crippen molar-refractivity contribution in [3.05, 3.63) is 114 Å². The van der Waals surface area contributed by atoms with Crippen LogP contribution >= 0.6 is 0 Å². The topological polar surface area (TPSA) is 46.4 Å². The van der Waals surface area contributed by atoms with E-state index in [2.05, 4.69) is 10.3 Å². The lowest BCUT2D eigenvalue weighted by Gasteiger charge is -2.15. The van der Waals surface area contributed by atoms with Crippen LogP contribution in [0, 0.1) is 17.5 Å². The molecular weight excluding hydrogens is 496 g/mol. The van der Waals surface area contributed by atoms with Crippen molar-refractivity contribution in [2.45, 2.75) is 6.18 Å². The van der Waals surface area contributed by atoms with E-state index in [1.165, 1.54) is 40.9 Å². The number of carbonyl (C=O) groups excluding carboxylic acids is 1. The first kappa shape index (κ1) is 24.1. The fourth-order valence-corrected chi connectivity index (χ4v) is 4.02. The molecule has 2 aromatic heterocycles. The summed E-state index contributed by atoms with van der Waals surface area (Å²) >= 11 is 0. The van der Waals surface area contributed by atoms with E-state index in [1.54, 1.807) is 18.3 Å². The third-order valence-corrected chi connectivity index (χ3v) is 5.75. The number of imidazole rings is 1. The van der Waals surface area contributed by atoms with Crippen LogP contribution in [0.1, 0.15) is 15.9 Å². The van der Waals surface area contributed by atoms with Gasteiger partial charge in [-0.15, -0.1) is 0 Å². The number of benzene rings is 3. The standard InChI is InChI=1S/C27H15F6N3O/c28-16-7-9-17(10-8-16)35-26(37)20-13-15(6-11-21(20)27(31,32)33)18-4-2-12-36-23(18)14-34-25(36)19-3-1-5-22(29)24(19)30/h1-14H,(H,35,37). The van der Waals surface area contributed by atoms with E-state index in [0.29, 0.717) is 11.1 Å². The molecule has 3 aromatic carbocycles. The SMILES string of the molecule is O=C(Nc1ccc(F)cc1)c1cc(-c2cccn3c(-c4cccc(F)c4F)ncc23)ccc1C(F)(F)F. The zero-order valence-corrected chi connectivity index (χ0v) is 18.7. The van der Waals surface area contributed by atoms with Gasteiger partial charge in [-0.25, -0.2) is 18.2 Å². The van der Waals surface area contributed by atoms with Crippen molar-refractivity contribution in [1.29, 1.82) is 0 Å². The normalized spacial score (nSPS) is 11.6. The number of aromatic nitrogens is 2. The number of fused-ring (bicyclic) bond motifs is 1. The molecule has 2 heterocycles. The van der Waals surface area contributed by atoms with E-state index in [-0.39, 0.29) is 22.6 Å². The molecule has 0 bridgehead atoms. The largest absolute Gasteiger partial charge is 0.417 e. The molecule has 0 radical (unpaired) electrons. The van der Waals surface area contributed by atoms with E-state index in [4.69, 9.17) is 0 Å². The molecule has 0 aliphatic carbocycles. The molecule has 0 unspecified atom stereocenters. The molecule has 10 heteroatoms. The highest BCUT2D eigenvalue weighted by atomic mass is 19.4. The van der Waals surface area contributed by atoms with Crippen LogP contribution in [0.3, 0.4) is 0 Å². The Balaban J connectivity index is 1.61. The third-order valence-electron chi connectivity index (χ3n) is 5.75. The minimum absolute atomic E-state index is 0.0926. The molecular formula is C27H15F6N3O. The molecule has 1 N–H and O–H groups in total. The number of hydrogen-bond donors (Lipinski definition) is 1. The lowest BCUT2D eigenvalue weighted by Crippen LogP contribution is -2.19. The van der Waals surface area contributed by atoms with Crippen LogP contribution in [0.5, 0.6) is 0 Å². The summed E-state index contributed by atoms with van der Waals surface area (Å²) in [7, 11) is 0. The number of nitrogens with one attached hydrogen (secondary N) is 1. The predicted molar refractivity (Wildman–Crippen MR) is 125 cm³/mol. The maximum atomic E-state index is 14.4. The molecule has 0 saturated heterocycles. The van der Waals surface area contributed by atoms with E-state index >= 15 is 0 Å². The van der Waals surface area contributed by atoms with E-state index in [0.717, 1.165) is 30.3 Å². The zero-order valence-electron chi connectivity index (χ0n) is 18.7. The summed E-state index contributed by atoms with van der Waals surface area (Å²) in [6.45, 7) is 0. The van der Waals surface area contributed by atoms with Crippen molar-refractivity contribution in [1.82, 2.24) is 9.38 Å². The molecule has 0 fully saturated rings. The van der Waals surface area contributed by atoms with Gasteiger partial charge in [0, 0.05) is 17.4 Å². The molecule has 5 rings (SSSR count). The number of anilines is 1. The predicted octanol–water partition coefficient (Wildman–Crippen LogP) is 7.36. The van der Waals surface area contributed by atoms with E-state index in [1.807, 2.05) is 0 Å². The van der Waals surface area contributed by atoms with Crippen molar-refractivity contribution in [2.24, 2.45) is 0 Å². The molecule has 0 atom stereocenters. The van der Waals surface area contributed by atoms with E-state index in [9.17, 15) is 31.1 Å². The Labute approximate surface area is 205 Å². The van der Waals surface area contributed by atoms with Crippen molar-refractivity contribution in [3.8, 4) is 22.5 Å². The quantitative estimate of drug-likeness (QED) is 0.256. The maximum Gasteiger partial charge on any atom is 0.417 e. The molecule has 0 aliphatic heterocycles. The van der Waals surface area contributed by atoms with Gasteiger partial charge in [0.2, 0.25) is 0 Å². The summed E-state index contributed by atoms with van der Waals surface area (Å²) in [5, 5.41) is 2.35. The lowest BCUT2D eigenvalue weighted by molar-refractivity contribution is -0.137. The van der Waals surface area contributed by atoms with E-state index < -0.39 is 40.7 Å². The van der Waals surface area contributed by atoms with Crippen LogP contribution in [-0.2, 0) is 6.18 Å². The van der Waals surface area contributed by atoms with Gasteiger partial charge in [-0.2, -0.15) is 13.2 Å². The summed E-state index contributed by atoms with van der Waals surface area (Å²) < 4.78 is 84.1. The molecule has 1 amide bonds. The first-order valence-electron chi connectivity index (χ1n) is 10.8. The molecule has 0 spiro atoms.